The molecule has 1 unspecified atom stereocenters. The molecule has 0 aliphatic rings. The first-order chi connectivity index (χ1) is 9.68. The first-order valence-electron chi connectivity index (χ1n) is 5.94. The van der Waals surface area contributed by atoms with E-state index in [4.69, 9.17) is 4.89 Å². The lowest BCUT2D eigenvalue weighted by Crippen LogP contribution is -2.12. The molecule has 0 saturated carbocycles. The zero-order chi connectivity index (χ0) is 14.4. The summed E-state index contributed by atoms with van der Waals surface area (Å²) in [5.41, 5.74) is 1.77. The largest absolute Gasteiger partial charge is 0.695 e. The highest BCUT2D eigenvalue weighted by Gasteiger charge is 2.24. The average Bonchev–Trinajstić information content (AvgIpc) is 2.48. The van der Waals surface area contributed by atoms with Crippen molar-refractivity contribution >= 4 is 19.1 Å². The molecule has 6 heteroatoms. The van der Waals surface area contributed by atoms with Crippen molar-refractivity contribution in [2.45, 2.75) is 5.25 Å². The maximum atomic E-state index is 12.4. The van der Waals surface area contributed by atoms with E-state index in [9.17, 15) is 8.77 Å². The maximum Gasteiger partial charge on any atom is 0.695 e. The van der Waals surface area contributed by atoms with E-state index in [-0.39, 0.29) is 11.2 Å². The Bertz CT molecular complexity index is 549. The molecule has 0 fully saturated rings. The Morgan fingerprint density at radius 2 is 1.45 bits per heavy atom. The van der Waals surface area contributed by atoms with Crippen LogP contribution in [0.1, 0.15) is 16.4 Å². The second-order valence-electron chi connectivity index (χ2n) is 4.07. The number of benzene rings is 2. The Balaban J connectivity index is 2.30. The average molecular weight is 309 g/mol. The van der Waals surface area contributed by atoms with Gasteiger partial charge in [0, 0.05) is 4.57 Å². The van der Waals surface area contributed by atoms with Crippen LogP contribution in [-0.4, -0.2) is 15.0 Å². The van der Waals surface area contributed by atoms with Crippen molar-refractivity contribution in [3.05, 3.63) is 71.8 Å². The lowest BCUT2D eigenvalue weighted by Gasteiger charge is -2.16. The topological polar surface area (TPSA) is 63.6 Å². The molecule has 2 aromatic rings. The molecule has 0 aliphatic heterocycles. The lowest BCUT2D eigenvalue weighted by atomic mass is 10.0. The van der Waals surface area contributed by atoms with Gasteiger partial charge in [-0.15, -0.1) is 9.42 Å². The van der Waals surface area contributed by atoms with Crippen LogP contribution in [-0.2, 0) is 19.9 Å². The van der Waals surface area contributed by atoms with E-state index in [1.807, 2.05) is 60.7 Å². The number of hydrogen-bond donors (Lipinski definition) is 1. The number of rotatable bonds is 6. The smallest absolute Gasteiger partial charge is 0.256 e. The molecule has 1 N–H and O–H groups in total. The highest BCUT2D eigenvalue weighted by atomic mass is 32.2. The van der Waals surface area contributed by atoms with Crippen molar-refractivity contribution in [1.82, 2.24) is 0 Å². The number of hydrogen-bond acceptors (Lipinski definition) is 3. The molecule has 0 spiro atoms. The van der Waals surface area contributed by atoms with Gasteiger partial charge in [0.05, 0.1) is 16.0 Å². The van der Waals surface area contributed by atoms with Gasteiger partial charge in [-0.05, 0) is 11.1 Å². The van der Waals surface area contributed by atoms with Crippen LogP contribution < -0.4 is 0 Å². The van der Waals surface area contributed by atoms with Crippen LogP contribution in [0, 0.1) is 0 Å². The minimum atomic E-state index is -2.74. The van der Waals surface area contributed by atoms with E-state index in [0.29, 0.717) is 0 Å². The van der Waals surface area contributed by atoms with Gasteiger partial charge in [-0.25, -0.2) is 0 Å². The van der Waals surface area contributed by atoms with E-state index < -0.39 is 19.1 Å². The third-order valence-corrected chi connectivity index (χ3v) is 4.69. The Labute approximate surface area is 120 Å². The molecule has 0 bridgehead atoms. The van der Waals surface area contributed by atoms with E-state index in [2.05, 4.69) is 4.52 Å². The fourth-order valence-electron chi connectivity index (χ4n) is 1.92. The SMILES string of the molecule is O=[P+](O)OC[S@@](=O)C(c1ccccc1)c1ccccc1. The maximum absolute atomic E-state index is 12.4. The molecule has 2 rings (SSSR count). The molecule has 4 nitrogen and oxygen atoms in total. The van der Waals surface area contributed by atoms with Crippen molar-refractivity contribution in [1.29, 1.82) is 0 Å². The van der Waals surface area contributed by atoms with Crippen LogP contribution in [0.15, 0.2) is 60.7 Å². The van der Waals surface area contributed by atoms with Crippen molar-refractivity contribution in [2.24, 2.45) is 0 Å². The molecular formula is C14H14O4PS+. The summed E-state index contributed by atoms with van der Waals surface area (Å²) in [4.78, 5) is 8.68. The van der Waals surface area contributed by atoms with E-state index in [1.165, 1.54) is 0 Å². The van der Waals surface area contributed by atoms with Gasteiger partial charge in [0.15, 0.2) is 5.94 Å². The van der Waals surface area contributed by atoms with Crippen LogP contribution in [0.5, 0.6) is 0 Å². The molecule has 0 aliphatic carbocycles. The summed E-state index contributed by atoms with van der Waals surface area (Å²) >= 11 is 0. The standard InChI is InChI=1S/C14H13O4PS/c15-19(16)18-11-20(17)14(12-7-3-1-4-8-12)13-9-5-2-6-10-13/h1-10,14H,11H2/p+1/t20-/m1/s1. The molecule has 0 amide bonds. The van der Waals surface area contributed by atoms with Crippen LogP contribution in [0.2, 0.25) is 0 Å². The quantitative estimate of drug-likeness (QED) is 0.833. The summed E-state index contributed by atoms with van der Waals surface area (Å²) in [5.74, 6) is -0.278. The Hall–Kier alpha value is -1.39. The minimum absolute atomic E-state index is 0.278. The van der Waals surface area contributed by atoms with Gasteiger partial charge in [0.1, 0.15) is 0 Å². The molecule has 0 saturated heterocycles. The first-order valence-corrected chi connectivity index (χ1v) is 8.46. The van der Waals surface area contributed by atoms with Gasteiger partial charge in [-0.2, -0.15) is 0 Å². The lowest BCUT2D eigenvalue weighted by molar-refractivity contribution is 0.327. The zero-order valence-corrected chi connectivity index (χ0v) is 12.3. The zero-order valence-electron chi connectivity index (χ0n) is 10.6. The second-order valence-corrected chi connectivity index (χ2v) is 6.27. The Morgan fingerprint density at radius 3 is 1.85 bits per heavy atom. The third-order valence-electron chi connectivity index (χ3n) is 2.75. The van der Waals surface area contributed by atoms with Gasteiger partial charge in [0.25, 0.3) is 0 Å². The predicted octanol–water partition coefficient (Wildman–Crippen LogP) is 3.15. The fraction of sp³-hybridized carbons (Fsp3) is 0.143. The van der Waals surface area contributed by atoms with Crippen molar-refractivity contribution in [3.8, 4) is 0 Å². The van der Waals surface area contributed by atoms with Crippen molar-refractivity contribution in [2.75, 3.05) is 5.94 Å². The fourth-order valence-corrected chi connectivity index (χ4v) is 3.75. The third kappa shape index (κ3) is 4.05. The molecule has 104 valence electrons. The summed E-state index contributed by atoms with van der Waals surface area (Å²) in [6.07, 6.45) is 0. The monoisotopic (exact) mass is 309 g/mol. The minimum Gasteiger partial charge on any atom is -0.256 e. The predicted molar refractivity (Wildman–Crippen MR) is 78.6 cm³/mol. The summed E-state index contributed by atoms with van der Waals surface area (Å²) in [7, 11) is -4.18. The van der Waals surface area contributed by atoms with E-state index >= 15 is 0 Å². The highest BCUT2D eigenvalue weighted by Crippen LogP contribution is 2.29. The normalized spacial score (nSPS) is 13.2. The van der Waals surface area contributed by atoms with Crippen LogP contribution in [0.4, 0.5) is 0 Å². The van der Waals surface area contributed by atoms with Crippen LogP contribution in [0.25, 0.3) is 0 Å². The molecule has 0 heterocycles. The van der Waals surface area contributed by atoms with E-state index in [1.54, 1.807) is 0 Å². The second kappa shape index (κ2) is 7.41. The summed E-state index contributed by atoms with van der Waals surface area (Å²) < 4.78 is 27.6. The molecular weight excluding hydrogens is 295 g/mol. The highest BCUT2D eigenvalue weighted by molar-refractivity contribution is 7.85. The van der Waals surface area contributed by atoms with E-state index in [0.717, 1.165) is 11.1 Å². The summed E-state index contributed by atoms with van der Waals surface area (Å²) in [6.45, 7) is 0. The van der Waals surface area contributed by atoms with Gasteiger partial charge in [0.2, 0.25) is 0 Å². The molecule has 2 aromatic carbocycles. The Kier molecular flexibility index (Phi) is 5.56. The summed E-state index contributed by atoms with van der Waals surface area (Å²) in [6, 6.07) is 18.8. The van der Waals surface area contributed by atoms with Gasteiger partial charge < -0.3 is 0 Å². The van der Waals surface area contributed by atoms with Crippen molar-refractivity contribution < 1.29 is 18.2 Å². The van der Waals surface area contributed by atoms with Gasteiger partial charge in [-0.3, -0.25) is 4.21 Å². The van der Waals surface area contributed by atoms with Crippen LogP contribution in [0.3, 0.4) is 0 Å². The first kappa shape index (κ1) is 15.0. The van der Waals surface area contributed by atoms with Crippen LogP contribution >= 0.6 is 8.25 Å². The Morgan fingerprint density at radius 1 is 1.00 bits per heavy atom. The van der Waals surface area contributed by atoms with Gasteiger partial charge >= 0.3 is 8.25 Å². The molecule has 2 atom stereocenters. The summed E-state index contributed by atoms with van der Waals surface area (Å²) in [5, 5.41) is -0.382. The molecule has 20 heavy (non-hydrogen) atoms. The molecule has 0 aromatic heterocycles. The van der Waals surface area contributed by atoms with Crippen molar-refractivity contribution in [3.63, 3.8) is 0 Å². The van der Waals surface area contributed by atoms with Gasteiger partial charge in [-0.1, -0.05) is 60.7 Å². The molecule has 0 radical (unpaired) electrons.